The highest BCUT2D eigenvalue weighted by atomic mass is 35.5. The lowest BCUT2D eigenvalue weighted by Gasteiger charge is -2.29. The Hall–Kier alpha value is -3.05. The molecule has 2 N–H and O–H groups in total. The molecule has 11 heteroatoms. The minimum atomic E-state index is -1.11. The van der Waals surface area contributed by atoms with Gasteiger partial charge in [-0.1, -0.05) is 17.7 Å². The number of aromatic nitrogens is 2. The quantitative estimate of drug-likeness (QED) is 0.379. The second-order valence-electron chi connectivity index (χ2n) is 7.96. The third kappa shape index (κ3) is 5.46. The number of halogens is 2. The molecule has 2 heterocycles. The van der Waals surface area contributed by atoms with E-state index in [1.54, 1.807) is 31.4 Å². The van der Waals surface area contributed by atoms with Crippen LogP contribution in [-0.2, 0) is 14.3 Å². The fourth-order valence-corrected chi connectivity index (χ4v) is 4.01. The molecule has 0 spiro atoms. The van der Waals surface area contributed by atoms with E-state index in [1.807, 2.05) is 0 Å². The fraction of sp³-hybridized carbons (Fsp3) is 0.375. The molecule has 1 atom stereocenters. The second-order valence-corrected chi connectivity index (χ2v) is 8.37. The summed E-state index contributed by atoms with van der Waals surface area (Å²) in [7, 11) is 3.06. The Kier molecular flexibility index (Phi) is 7.97. The van der Waals surface area contributed by atoms with E-state index in [2.05, 4.69) is 20.6 Å². The first-order chi connectivity index (χ1) is 17.0. The van der Waals surface area contributed by atoms with Gasteiger partial charge >= 0.3 is 0 Å². The first-order valence-electron chi connectivity index (χ1n) is 11.0. The standard InChI is InChI=1S/C24H26ClFN4O5/c1-32-8-9-34-12-21(31)24(6-7-27-13-24)35-20-11-18-15(10-19(20)33-2)23(29-14-28-18)30-17-5-3-4-16(25)22(17)26/h3-5,10-11,14,27H,6-9,12-13H2,1-2H3,(H,28,29,30)/t24-/m1/s1. The maximum absolute atomic E-state index is 14.4. The number of carbonyl (C=O) groups is 1. The third-order valence-corrected chi connectivity index (χ3v) is 6.01. The zero-order valence-corrected chi connectivity index (χ0v) is 20.2. The predicted molar refractivity (Wildman–Crippen MR) is 129 cm³/mol. The van der Waals surface area contributed by atoms with E-state index in [4.69, 9.17) is 30.5 Å². The predicted octanol–water partition coefficient (Wildman–Crippen LogP) is 3.52. The summed E-state index contributed by atoms with van der Waals surface area (Å²) in [4.78, 5) is 21.6. The van der Waals surface area contributed by atoms with Gasteiger partial charge in [-0.05, 0) is 24.7 Å². The van der Waals surface area contributed by atoms with E-state index in [0.29, 0.717) is 60.9 Å². The molecule has 3 aromatic rings. The molecular weight excluding hydrogens is 479 g/mol. The number of anilines is 2. The summed E-state index contributed by atoms with van der Waals surface area (Å²) in [6, 6.07) is 8.01. The van der Waals surface area contributed by atoms with Crippen LogP contribution >= 0.6 is 11.6 Å². The number of hydrogen-bond donors (Lipinski definition) is 2. The van der Waals surface area contributed by atoms with Crippen LogP contribution in [0, 0.1) is 5.82 Å². The maximum atomic E-state index is 14.4. The molecule has 0 radical (unpaired) electrons. The Morgan fingerprint density at radius 1 is 1.23 bits per heavy atom. The van der Waals surface area contributed by atoms with Crippen molar-refractivity contribution in [2.24, 2.45) is 0 Å². The van der Waals surface area contributed by atoms with Crippen LogP contribution in [0.5, 0.6) is 11.5 Å². The number of hydrogen-bond acceptors (Lipinski definition) is 9. The minimum absolute atomic E-state index is 0.00651. The van der Waals surface area contributed by atoms with Crippen LogP contribution in [0.4, 0.5) is 15.9 Å². The van der Waals surface area contributed by atoms with Gasteiger partial charge in [0, 0.05) is 31.5 Å². The van der Waals surface area contributed by atoms with Crippen LogP contribution in [0.2, 0.25) is 5.02 Å². The van der Waals surface area contributed by atoms with Crippen molar-refractivity contribution in [3.05, 3.63) is 47.5 Å². The lowest BCUT2D eigenvalue weighted by Crippen LogP contribution is -2.48. The van der Waals surface area contributed by atoms with Gasteiger partial charge in [0.25, 0.3) is 0 Å². The Morgan fingerprint density at radius 2 is 2.09 bits per heavy atom. The molecule has 1 saturated heterocycles. The van der Waals surface area contributed by atoms with Crippen molar-refractivity contribution in [2.45, 2.75) is 12.0 Å². The van der Waals surface area contributed by atoms with Crippen LogP contribution < -0.4 is 20.1 Å². The van der Waals surface area contributed by atoms with Crippen LogP contribution in [0.3, 0.4) is 0 Å². The second kappa shape index (κ2) is 11.1. The molecule has 1 fully saturated rings. The maximum Gasteiger partial charge on any atom is 0.203 e. The SMILES string of the molecule is COCCOCC(=O)[C@@]1(Oc2cc3ncnc(Nc4cccc(Cl)c4F)c3cc2OC)CCNC1. The molecule has 4 rings (SSSR count). The van der Waals surface area contributed by atoms with Crippen LogP contribution in [-0.4, -0.2) is 68.5 Å². The van der Waals surface area contributed by atoms with Crippen molar-refractivity contribution in [1.82, 2.24) is 15.3 Å². The Morgan fingerprint density at radius 3 is 2.83 bits per heavy atom. The number of nitrogens with one attached hydrogen (secondary N) is 2. The first kappa shape index (κ1) is 25.1. The highest BCUT2D eigenvalue weighted by molar-refractivity contribution is 6.31. The molecular formula is C24H26ClFN4O5. The Bertz CT molecular complexity index is 1210. The lowest BCUT2D eigenvalue weighted by atomic mass is 9.97. The zero-order chi connectivity index (χ0) is 24.8. The lowest BCUT2D eigenvalue weighted by molar-refractivity contribution is -0.138. The molecule has 35 heavy (non-hydrogen) atoms. The molecule has 0 unspecified atom stereocenters. The summed E-state index contributed by atoms with van der Waals surface area (Å²) < 4.78 is 36.7. The highest BCUT2D eigenvalue weighted by Gasteiger charge is 2.44. The largest absolute Gasteiger partial charge is 0.493 e. The molecule has 0 aliphatic carbocycles. The van der Waals surface area contributed by atoms with Crippen LogP contribution in [0.15, 0.2) is 36.7 Å². The summed E-state index contributed by atoms with van der Waals surface area (Å²) in [5.74, 6) is 0.326. The van der Waals surface area contributed by atoms with E-state index in [0.717, 1.165) is 0 Å². The molecule has 0 saturated carbocycles. The zero-order valence-electron chi connectivity index (χ0n) is 19.4. The van der Waals surface area contributed by atoms with Gasteiger partial charge in [-0.2, -0.15) is 0 Å². The van der Waals surface area contributed by atoms with Crippen molar-refractivity contribution in [2.75, 3.05) is 52.4 Å². The number of ether oxygens (including phenoxy) is 4. The Balaban J connectivity index is 1.64. The van der Waals surface area contributed by atoms with Gasteiger partial charge in [0.2, 0.25) is 5.78 Å². The van der Waals surface area contributed by atoms with Crippen LogP contribution in [0.1, 0.15) is 6.42 Å². The summed E-state index contributed by atoms with van der Waals surface area (Å²) >= 11 is 5.90. The molecule has 186 valence electrons. The number of benzene rings is 2. The molecule has 2 aromatic carbocycles. The molecule has 1 aromatic heterocycles. The minimum Gasteiger partial charge on any atom is -0.493 e. The van der Waals surface area contributed by atoms with Gasteiger partial charge in [0.05, 0.1) is 36.6 Å². The third-order valence-electron chi connectivity index (χ3n) is 5.72. The molecule has 1 aliphatic rings. The van der Waals surface area contributed by atoms with Crippen molar-refractivity contribution >= 4 is 39.8 Å². The van der Waals surface area contributed by atoms with Crippen molar-refractivity contribution < 1.29 is 28.1 Å². The first-order valence-corrected chi connectivity index (χ1v) is 11.4. The summed E-state index contributed by atoms with van der Waals surface area (Å²) in [5, 5.41) is 6.72. The van der Waals surface area contributed by atoms with E-state index < -0.39 is 11.4 Å². The van der Waals surface area contributed by atoms with E-state index in [-0.39, 0.29) is 23.1 Å². The average Bonchev–Trinajstić information content (AvgIpc) is 3.34. The number of carbonyl (C=O) groups excluding carboxylic acids is 1. The number of methoxy groups -OCH3 is 2. The van der Waals surface area contributed by atoms with Gasteiger partial charge in [-0.15, -0.1) is 0 Å². The molecule has 0 amide bonds. The van der Waals surface area contributed by atoms with E-state index in [1.165, 1.54) is 19.5 Å². The number of Topliss-reactive ketones (excluding diaryl/α,β-unsaturated/α-hetero) is 1. The van der Waals surface area contributed by atoms with Crippen molar-refractivity contribution in [1.29, 1.82) is 0 Å². The topological polar surface area (TPSA) is 104 Å². The van der Waals surface area contributed by atoms with Gasteiger partial charge < -0.3 is 29.6 Å². The average molecular weight is 505 g/mol. The van der Waals surface area contributed by atoms with E-state index >= 15 is 0 Å². The monoisotopic (exact) mass is 504 g/mol. The van der Waals surface area contributed by atoms with E-state index in [9.17, 15) is 9.18 Å². The molecule has 0 bridgehead atoms. The van der Waals surface area contributed by atoms with Crippen molar-refractivity contribution in [3.8, 4) is 11.5 Å². The van der Waals surface area contributed by atoms with Crippen molar-refractivity contribution in [3.63, 3.8) is 0 Å². The normalized spacial score (nSPS) is 17.5. The van der Waals surface area contributed by atoms with Gasteiger partial charge in [0.15, 0.2) is 22.9 Å². The number of ketones is 1. The number of nitrogens with zero attached hydrogens (tertiary/aromatic N) is 2. The summed E-state index contributed by atoms with van der Waals surface area (Å²) in [6.07, 6.45) is 1.83. The molecule has 1 aliphatic heterocycles. The van der Waals surface area contributed by atoms with Gasteiger partial charge in [-0.25, -0.2) is 14.4 Å². The van der Waals surface area contributed by atoms with Gasteiger partial charge in [-0.3, -0.25) is 4.79 Å². The smallest absolute Gasteiger partial charge is 0.203 e. The summed E-state index contributed by atoms with van der Waals surface area (Å²) in [6.45, 7) is 1.58. The molecule has 9 nitrogen and oxygen atoms in total. The summed E-state index contributed by atoms with van der Waals surface area (Å²) in [5.41, 5.74) is -0.413. The fourth-order valence-electron chi connectivity index (χ4n) is 3.83. The van der Waals surface area contributed by atoms with Crippen LogP contribution in [0.25, 0.3) is 10.9 Å². The number of rotatable bonds is 11. The Labute approximate surface area is 206 Å². The van der Waals surface area contributed by atoms with Gasteiger partial charge in [0.1, 0.15) is 18.8 Å². The number of fused-ring (bicyclic) bond motifs is 1. The highest BCUT2D eigenvalue weighted by Crippen LogP contribution is 2.38.